The van der Waals surface area contributed by atoms with Gasteiger partial charge in [0.15, 0.2) is 6.29 Å². The zero-order chi connectivity index (χ0) is 88.3. The molecule has 12 rings (SSSR count). The Labute approximate surface area is 720 Å². The van der Waals surface area contributed by atoms with E-state index in [-0.39, 0.29) is 44.6 Å². The first-order chi connectivity index (χ1) is 57.4. The van der Waals surface area contributed by atoms with Crippen molar-refractivity contribution in [3.63, 3.8) is 0 Å². The number of aldehydes is 1. The van der Waals surface area contributed by atoms with Crippen LogP contribution in [0.3, 0.4) is 0 Å². The number of hydrogen-bond donors (Lipinski definition) is 2. The fourth-order valence-corrected chi connectivity index (χ4v) is 14.9. The van der Waals surface area contributed by atoms with Crippen LogP contribution in [-0.4, -0.2) is 165 Å². The molecule has 0 bridgehead atoms. The van der Waals surface area contributed by atoms with Crippen molar-refractivity contribution in [2.24, 2.45) is 17.6 Å². The van der Waals surface area contributed by atoms with E-state index in [4.69, 9.17) is 104 Å². The van der Waals surface area contributed by atoms with Crippen molar-refractivity contribution in [3.8, 4) is 34.5 Å². The van der Waals surface area contributed by atoms with Crippen LogP contribution in [0.5, 0.6) is 34.5 Å². The topological polar surface area (TPSA) is 339 Å². The molecule has 1 aliphatic carbocycles. The van der Waals surface area contributed by atoms with Crippen molar-refractivity contribution in [2.75, 3.05) is 86.6 Å². The number of aryl methyl sites for hydroxylation is 3. The molecule has 3 fully saturated rings. The Kier molecular flexibility index (Phi) is 40.4. The second-order valence-electron chi connectivity index (χ2n) is 29.1. The Bertz CT molecular complexity index is 4730. The van der Waals surface area contributed by atoms with Gasteiger partial charge in [-0.15, -0.1) is 0 Å². The molecule has 0 unspecified atom stereocenters. The van der Waals surface area contributed by atoms with Crippen LogP contribution in [0, 0.1) is 32.6 Å². The number of esters is 4. The molecule has 27 nitrogen and oxygen atoms in total. The average molecular weight is 1710 g/mol. The lowest BCUT2D eigenvalue weighted by atomic mass is 9.84. The number of nitrogen functional groups attached to an aromatic ring is 1. The predicted octanol–water partition coefficient (Wildman–Crippen LogP) is 17.4. The third kappa shape index (κ3) is 28.9. The van der Waals surface area contributed by atoms with E-state index in [1.54, 1.807) is 68.6 Å². The molecule has 30 heteroatoms. The van der Waals surface area contributed by atoms with Crippen LogP contribution in [0.4, 0.5) is 17.6 Å². The lowest BCUT2D eigenvalue weighted by Gasteiger charge is -2.39. The fraction of sp³-hybridized carbons (Fsp3) is 0.433. The van der Waals surface area contributed by atoms with Gasteiger partial charge in [-0.25, -0.2) is 59.0 Å². The number of halogens is 3. The van der Waals surface area contributed by atoms with Gasteiger partial charge in [0.25, 0.3) is 0 Å². The number of benzene rings is 5. The van der Waals surface area contributed by atoms with Crippen LogP contribution in [0.15, 0.2) is 115 Å². The summed E-state index contributed by atoms with van der Waals surface area (Å²) < 4.78 is 49.8. The Hall–Kier alpha value is -11.0. The van der Waals surface area contributed by atoms with Gasteiger partial charge in [-0.1, -0.05) is 87.2 Å². The molecule has 5 aromatic carbocycles. The highest BCUT2D eigenvalue weighted by Gasteiger charge is 2.33. The number of piperidine rings is 2. The molecule has 120 heavy (non-hydrogen) atoms. The van der Waals surface area contributed by atoms with Crippen LogP contribution in [0.1, 0.15) is 214 Å². The number of hydrogen-bond acceptors (Lipinski definition) is 27. The molecular formula is C90H115Cl3N12O15. The largest absolute Gasteiger partial charge is 0.497 e. The Morgan fingerprint density at radius 3 is 1.10 bits per heavy atom. The van der Waals surface area contributed by atoms with Gasteiger partial charge in [0.05, 0.1) is 105 Å². The summed E-state index contributed by atoms with van der Waals surface area (Å²) in [5.41, 5.74) is 20.1. The maximum absolute atomic E-state index is 12.4. The van der Waals surface area contributed by atoms with Gasteiger partial charge in [0, 0.05) is 67.3 Å². The minimum absolute atomic E-state index is 0.00403. The van der Waals surface area contributed by atoms with Crippen molar-refractivity contribution >= 4 is 82.6 Å². The number of anilines is 3. The van der Waals surface area contributed by atoms with E-state index in [1.807, 2.05) is 110 Å². The van der Waals surface area contributed by atoms with Crippen molar-refractivity contribution in [2.45, 2.75) is 176 Å². The molecular weight excluding hydrogens is 1600 g/mol. The average Bonchev–Trinajstić information content (AvgIpc) is 0.783. The van der Waals surface area contributed by atoms with Crippen molar-refractivity contribution < 1.29 is 71.3 Å². The predicted molar refractivity (Wildman–Crippen MR) is 468 cm³/mol. The SMILES string of the molecule is COC(=O)c1c(C)nc(Cl)nc1Cc1ccc(OC)cc1.COC(=O)c1c(C)nc(Cl)nc1Cl.COC(=O)c1c(C)nc(N2[C@H](C)CCC[C@@H]2C)nc1Cc1ccc(OC)cc1.COC(=O)c1c(C=O)nc(N2[C@H](C)CCC[C@@H]2C)nc1Cc1ccc(OC)cc1.COc1ccc(CN)c(OC)c1.COc1ccc(N)cc1.C[C@@H]1CCC[C@H](C)C1. The standard InChI is InChI=1S/C22H27N3O4.C22H29N3O3.C15H15ClN2O3.C9H13NO2.C8H16.C7H6Cl2N2O2.C7H9NO/c1-14-6-5-7-15(2)25(14)22-23-18(12-16-8-10-17(28-3)11-9-16)20(21(27)29-4)19(13-26)24-22;1-14-7-6-8-15(2)25(14)22-23-16(3)20(21(26)28-5)19(24-22)13-17-9-11-18(27-4)12-10-17;1-9-13(14(19)21-3)12(18-15(16)17-9)8-10-4-6-11(20-2)7-5-10;1-11-8-4-3-7(6-10)9(5-8)12-2;1-7-4-3-5-8(2)6-7;1-3-4(6(12)13-2)5(8)11-7(9)10-3;1-9-7-4-2-6(8)3-5-7/h8-11,13-15H,5-7,12H2,1-4H3;9-12,14-15H,6-8,13H2,1-5H3;4-7H,8H2,1-3H3;3-5H,6,10H2,1-2H3;7-8H,3-6H2,1-2H3;1-2H3;2-5H,8H2,1H3/t2*14-,15+;;;7-,8+;;. The van der Waals surface area contributed by atoms with E-state index < -0.39 is 23.9 Å². The first-order valence-electron chi connectivity index (χ1n) is 39.5. The van der Waals surface area contributed by atoms with Crippen LogP contribution < -0.4 is 49.7 Å². The van der Waals surface area contributed by atoms with Gasteiger partial charge in [-0.05, 0) is 212 Å². The van der Waals surface area contributed by atoms with Crippen LogP contribution in [-0.2, 0) is 44.8 Å². The molecule has 6 atom stereocenters. The molecule has 2 saturated heterocycles. The number of carbonyl (C=O) groups is 5. The monoisotopic (exact) mass is 1710 g/mol. The highest BCUT2D eigenvalue weighted by atomic mass is 35.5. The van der Waals surface area contributed by atoms with E-state index in [0.717, 1.165) is 106 Å². The fourth-order valence-electron chi connectivity index (χ4n) is 14.1. The molecule has 9 aromatic rings. The molecule has 4 N–H and O–H groups in total. The number of rotatable bonds is 20. The molecule has 0 amide bonds. The second kappa shape index (κ2) is 49.5. The first kappa shape index (κ1) is 97.8. The second-order valence-corrected chi connectivity index (χ2v) is 30.1. The Balaban J connectivity index is 0.000000228. The number of methoxy groups -OCH3 is 10. The number of ether oxygens (including phenoxy) is 10. The van der Waals surface area contributed by atoms with Crippen LogP contribution in [0.2, 0.25) is 15.7 Å². The zero-order valence-electron chi connectivity index (χ0n) is 72.3. The van der Waals surface area contributed by atoms with Crippen molar-refractivity contribution in [1.82, 2.24) is 39.9 Å². The van der Waals surface area contributed by atoms with Crippen LogP contribution in [0.25, 0.3) is 0 Å². The Morgan fingerprint density at radius 2 is 0.742 bits per heavy atom. The lowest BCUT2D eigenvalue weighted by Crippen LogP contribution is -2.45. The summed E-state index contributed by atoms with van der Waals surface area (Å²) in [5.74, 6) is 5.88. The summed E-state index contributed by atoms with van der Waals surface area (Å²) >= 11 is 17.1. The zero-order valence-corrected chi connectivity index (χ0v) is 74.6. The highest BCUT2D eigenvalue weighted by Crippen LogP contribution is 2.34. The van der Waals surface area contributed by atoms with E-state index in [9.17, 15) is 24.0 Å². The number of carbonyl (C=O) groups excluding carboxylic acids is 5. The van der Waals surface area contributed by atoms with Gasteiger partial charge in [-0.2, -0.15) is 0 Å². The highest BCUT2D eigenvalue weighted by molar-refractivity contribution is 6.34. The first-order valence-corrected chi connectivity index (χ1v) is 40.6. The van der Waals surface area contributed by atoms with Crippen LogP contribution >= 0.6 is 34.8 Å². The maximum atomic E-state index is 12.4. The number of aromatic nitrogens is 8. The third-order valence-electron chi connectivity index (χ3n) is 20.4. The van der Waals surface area contributed by atoms with E-state index in [0.29, 0.717) is 101 Å². The Morgan fingerprint density at radius 1 is 0.408 bits per heavy atom. The van der Waals surface area contributed by atoms with Crippen molar-refractivity contribution in [1.29, 1.82) is 0 Å². The lowest BCUT2D eigenvalue weighted by molar-refractivity contribution is 0.0588. The third-order valence-corrected chi connectivity index (χ3v) is 21.1. The summed E-state index contributed by atoms with van der Waals surface area (Å²) in [5, 5.41) is 0.128. The smallest absolute Gasteiger partial charge is 0.342 e. The van der Waals surface area contributed by atoms with Gasteiger partial charge >= 0.3 is 23.9 Å². The maximum Gasteiger partial charge on any atom is 0.342 e. The summed E-state index contributed by atoms with van der Waals surface area (Å²) in [4.78, 5) is 98.4. The molecule has 0 spiro atoms. The molecule has 646 valence electrons. The molecule has 1 saturated carbocycles. The summed E-state index contributed by atoms with van der Waals surface area (Å²) in [6.45, 7) is 19.1. The summed E-state index contributed by atoms with van der Waals surface area (Å²) in [7, 11) is 15.0. The minimum Gasteiger partial charge on any atom is -0.497 e. The minimum atomic E-state index is -0.609. The van der Waals surface area contributed by atoms with Crippen molar-refractivity contribution in [3.05, 3.63) is 215 Å². The van der Waals surface area contributed by atoms with Gasteiger partial charge in [0.2, 0.25) is 22.5 Å². The number of nitrogens with zero attached hydrogens (tertiary/aromatic N) is 10. The molecule has 0 radical (unpaired) electrons. The normalized spacial score (nSPS) is 16.3. The quantitative estimate of drug-likeness (QED) is 0.0179. The summed E-state index contributed by atoms with van der Waals surface area (Å²) in [6.07, 6.45) is 14.6. The molecule has 4 aromatic heterocycles. The summed E-state index contributed by atoms with van der Waals surface area (Å²) in [6, 6.07) is 37.0. The van der Waals surface area contributed by atoms with E-state index in [1.165, 1.54) is 60.5 Å². The molecule has 3 aliphatic rings. The van der Waals surface area contributed by atoms with E-state index >= 15 is 0 Å². The number of nitrogens with two attached hydrogens (primary N) is 2. The molecule has 2 aliphatic heterocycles. The molecule has 6 heterocycles. The van der Waals surface area contributed by atoms with E-state index in [2.05, 4.69) is 81.0 Å². The van der Waals surface area contributed by atoms with Gasteiger partial charge in [-0.3, -0.25) is 4.79 Å². The van der Waals surface area contributed by atoms with Gasteiger partial charge < -0.3 is 68.6 Å². The van der Waals surface area contributed by atoms with Gasteiger partial charge in [0.1, 0.15) is 67.6 Å².